The molecule has 0 bridgehead atoms. The van der Waals surface area contributed by atoms with E-state index in [2.05, 4.69) is 29.5 Å². The van der Waals surface area contributed by atoms with Gasteiger partial charge in [-0.15, -0.1) is 0 Å². The number of carbonyl (C=O) groups is 1. The van der Waals surface area contributed by atoms with Crippen LogP contribution >= 0.6 is 0 Å². The molecule has 0 aliphatic rings. The van der Waals surface area contributed by atoms with Crippen LogP contribution in [0.3, 0.4) is 0 Å². The molecule has 0 radical (unpaired) electrons. The van der Waals surface area contributed by atoms with Crippen molar-refractivity contribution in [3.05, 3.63) is 41.6 Å². The third-order valence-electron chi connectivity index (χ3n) is 3.21. The van der Waals surface area contributed by atoms with Crippen LogP contribution in [0.5, 0.6) is 0 Å². The number of pyridine rings is 1. The Hall–Kier alpha value is -1.94. The van der Waals surface area contributed by atoms with Crippen LogP contribution in [-0.4, -0.2) is 30.0 Å². The lowest BCUT2D eigenvalue weighted by Gasteiger charge is -2.14. The zero-order valence-corrected chi connectivity index (χ0v) is 12.2. The average molecular weight is 271 g/mol. The van der Waals surface area contributed by atoms with Gasteiger partial charge in [-0.05, 0) is 32.5 Å². The number of benzene rings is 1. The average Bonchev–Trinajstić information content (AvgIpc) is 2.44. The summed E-state index contributed by atoms with van der Waals surface area (Å²) in [5.41, 5.74) is 2.41. The van der Waals surface area contributed by atoms with Crippen molar-refractivity contribution in [1.29, 1.82) is 0 Å². The van der Waals surface area contributed by atoms with Gasteiger partial charge in [0.2, 0.25) is 0 Å². The van der Waals surface area contributed by atoms with E-state index < -0.39 is 0 Å². The summed E-state index contributed by atoms with van der Waals surface area (Å²) in [6.45, 7) is 7.53. The number of likely N-dealkylation sites (N-methyl/N-ethyl adjacent to an activating group) is 1. The van der Waals surface area contributed by atoms with E-state index in [1.165, 1.54) is 0 Å². The van der Waals surface area contributed by atoms with E-state index in [0.717, 1.165) is 23.1 Å². The topological polar surface area (TPSA) is 54.0 Å². The fourth-order valence-electron chi connectivity index (χ4n) is 2.26. The Labute approximate surface area is 119 Å². The van der Waals surface area contributed by atoms with Crippen molar-refractivity contribution in [3.8, 4) is 0 Å². The highest BCUT2D eigenvalue weighted by molar-refractivity contribution is 6.06. The molecule has 0 saturated heterocycles. The lowest BCUT2D eigenvalue weighted by atomic mass is 10.1. The molecular formula is C16H21N3O. The maximum Gasteiger partial charge on any atom is 0.252 e. The van der Waals surface area contributed by atoms with Gasteiger partial charge in [0.1, 0.15) is 0 Å². The summed E-state index contributed by atoms with van der Waals surface area (Å²) in [7, 11) is 0. The molecule has 0 spiro atoms. The summed E-state index contributed by atoms with van der Waals surface area (Å²) < 4.78 is 0. The Kier molecular flexibility index (Phi) is 4.69. The molecule has 0 aliphatic heterocycles. The molecule has 4 heteroatoms. The molecule has 0 fully saturated rings. The lowest BCUT2D eigenvalue weighted by molar-refractivity contribution is 0.0951. The van der Waals surface area contributed by atoms with Crippen molar-refractivity contribution >= 4 is 16.8 Å². The van der Waals surface area contributed by atoms with Crippen LogP contribution in [0.25, 0.3) is 10.9 Å². The molecule has 0 unspecified atom stereocenters. The van der Waals surface area contributed by atoms with E-state index >= 15 is 0 Å². The van der Waals surface area contributed by atoms with Gasteiger partial charge in [-0.3, -0.25) is 9.78 Å². The van der Waals surface area contributed by atoms with Crippen LogP contribution in [-0.2, 0) is 0 Å². The zero-order chi connectivity index (χ0) is 14.5. The number of nitrogens with zero attached hydrogens (tertiary/aromatic N) is 1. The Morgan fingerprint density at radius 2 is 2.10 bits per heavy atom. The third kappa shape index (κ3) is 3.33. The first-order valence-electron chi connectivity index (χ1n) is 6.99. The van der Waals surface area contributed by atoms with Gasteiger partial charge in [-0.2, -0.15) is 0 Å². The minimum absolute atomic E-state index is 0.0450. The van der Waals surface area contributed by atoms with Crippen molar-refractivity contribution < 1.29 is 4.79 Å². The van der Waals surface area contributed by atoms with E-state index in [1.807, 2.05) is 37.3 Å². The Balaban J connectivity index is 2.21. The van der Waals surface area contributed by atoms with Gasteiger partial charge < -0.3 is 10.6 Å². The third-order valence-corrected chi connectivity index (χ3v) is 3.21. The molecule has 20 heavy (non-hydrogen) atoms. The van der Waals surface area contributed by atoms with Crippen LogP contribution in [0, 0.1) is 6.92 Å². The number of hydrogen-bond donors (Lipinski definition) is 2. The van der Waals surface area contributed by atoms with E-state index in [4.69, 9.17) is 0 Å². The van der Waals surface area contributed by atoms with Gasteiger partial charge in [0, 0.05) is 23.7 Å². The summed E-state index contributed by atoms with van der Waals surface area (Å²) >= 11 is 0. The van der Waals surface area contributed by atoms with Crippen LogP contribution in [0.2, 0.25) is 0 Å². The number of rotatable bonds is 5. The molecule has 2 N–H and O–H groups in total. The molecule has 106 valence electrons. The van der Waals surface area contributed by atoms with E-state index in [-0.39, 0.29) is 11.9 Å². The molecular weight excluding hydrogens is 250 g/mol. The predicted molar refractivity (Wildman–Crippen MR) is 82.0 cm³/mol. The molecule has 1 aromatic heterocycles. The van der Waals surface area contributed by atoms with Crippen LogP contribution < -0.4 is 10.6 Å². The summed E-state index contributed by atoms with van der Waals surface area (Å²) in [5, 5.41) is 7.14. The summed E-state index contributed by atoms with van der Waals surface area (Å²) in [4.78, 5) is 16.8. The maximum absolute atomic E-state index is 12.4. The smallest absolute Gasteiger partial charge is 0.252 e. The highest BCUT2D eigenvalue weighted by Crippen LogP contribution is 2.17. The number of amides is 1. The summed E-state index contributed by atoms with van der Waals surface area (Å²) in [6, 6.07) is 9.83. The second kappa shape index (κ2) is 6.48. The van der Waals surface area contributed by atoms with Gasteiger partial charge in [-0.1, -0.05) is 25.1 Å². The van der Waals surface area contributed by atoms with Crippen molar-refractivity contribution in [3.63, 3.8) is 0 Å². The van der Waals surface area contributed by atoms with Gasteiger partial charge >= 0.3 is 0 Å². The second-order valence-corrected chi connectivity index (χ2v) is 5.00. The molecule has 4 nitrogen and oxygen atoms in total. The predicted octanol–water partition coefficient (Wildman–Crippen LogP) is 2.27. The SMILES string of the molecule is CCN[C@H](C)CNC(=O)c1cc(C)nc2ccccc12. The molecule has 2 aromatic rings. The highest BCUT2D eigenvalue weighted by Gasteiger charge is 2.12. The van der Waals surface area contributed by atoms with Gasteiger partial charge in [0.05, 0.1) is 11.1 Å². The molecule has 1 atom stereocenters. The molecule has 1 heterocycles. The lowest BCUT2D eigenvalue weighted by Crippen LogP contribution is -2.38. The van der Waals surface area contributed by atoms with Crippen LogP contribution in [0.1, 0.15) is 29.9 Å². The summed E-state index contributed by atoms with van der Waals surface area (Å²) in [6.07, 6.45) is 0. The molecule has 0 aliphatic carbocycles. The number of para-hydroxylation sites is 1. The molecule has 1 aromatic carbocycles. The van der Waals surface area contributed by atoms with Gasteiger partial charge in [-0.25, -0.2) is 0 Å². The van der Waals surface area contributed by atoms with Crippen LogP contribution in [0.15, 0.2) is 30.3 Å². The van der Waals surface area contributed by atoms with Crippen LogP contribution in [0.4, 0.5) is 0 Å². The Morgan fingerprint density at radius 3 is 2.85 bits per heavy atom. The Bertz CT molecular complexity index is 610. The number of aryl methyl sites for hydroxylation is 1. The first-order chi connectivity index (χ1) is 9.61. The quantitative estimate of drug-likeness (QED) is 0.877. The van der Waals surface area contributed by atoms with Crippen molar-refractivity contribution in [2.24, 2.45) is 0 Å². The standard InChI is InChI=1S/C16H21N3O/c1-4-17-12(3)10-18-16(20)14-9-11(2)19-15-8-6-5-7-13(14)15/h5-9,12,17H,4,10H2,1-3H3,(H,18,20)/t12-/m1/s1. The van der Waals surface area contributed by atoms with Gasteiger partial charge in [0.15, 0.2) is 0 Å². The molecule has 0 saturated carbocycles. The first kappa shape index (κ1) is 14.5. The van der Waals surface area contributed by atoms with E-state index in [0.29, 0.717) is 12.1 Å². The van der Waals surface area contributed by atoms with Crippen molar-refractivity contribution in [1.82, 2.24) is 15.6 Å². The highest BCUT2D eigenvalue weighted by atomic mass is 16.1. The Morgan fingerprint density at radius 1 is 1.35 bits per heavy atom. The number of hydrogen-bond acceptors (Lipinski definition) is 3. The monoisotopic (exact) mass is 271 g/mol. The number of carbonyl (C=O) groups excluding carboxylic acids is 1. The minimum Gasteiger partial charge on any atom is -0.350 e. The maximum atomic E-state index is 12.4. The number of fused-ring (bicyclic) bond motifs is 1. The van der Waals surface area contributed by atoms with E-state index in [9.17, 15) is 4.79 Å². The first-order valence-corrected chi connectivity index (χ1v) is 6.99. The fraction of sp³-hybridized carbons (Fsp3) is 0.375. The normalized spacial score (nSPS) is 12.3. The van der Waals surface area contributed by atoms with Crippen molar-refractivity contribution in [2.45, 2.75) is 26.8 Å². The molecule has 2 rings (SSSR count). The number of nitrogens with one attached hydrogen (secondary N) is 2. The second-order valence-electron chi connectivity index (χ2n) is 5.00. The van der Waals surface area contributed by atoms with E-state index in [1.54, 1.807) is 0 Å². The summed E-state index contributed by atoms with van der Waals surface area (Å²) in [5.74, 6) is -0.0450. The minimum atomic E-state index is -0.0450. The number of aromatic nitrogens is 1. The van der Waals surface area contributed by atoms with Crippen molar-refractivity contribution in [2.75, 3.05) is 13.1 Å². The fourth-order valence-corrected chi connectivity index (χ4v) is 2.26. The van der Waals surface area contributed by atoms with Gasteiger partial charge in [0.25, 0.3) is 5.91 Å². The molecule has 1 amide bonds. The largest absolute Gasteiger partial charge is 0.350 e. The zero-order valence-electron chi connectivity index (χ0n) is 12.2.